The number of rotatable bonds is 8. The van der Waals surface area contributed by atoms with E-state index in [1.807, 2.05) is 24.3 Å². The summed E-state index contributed by atoms with van der Waals surface area (Å²) in [6.45, 7) is 3.03. The van der Waals surface area contributed by atoms with Gasteiger partial charge in [0.05, 0.1) is 13.7 Å². The maximum atomic E-state index is 13.9. The van der Waals surface area contributed by atoms with E-state index in [2.05, 4.69) is 36.5 Å². The Morgan fingerprint density at radius 1 is 1.14 bits per heavy atom. The number of unbranched alkanes of at least 4 members (excludes halogenated alkanes) is 1. The topological polar surface area (TPSA) is 75.7 Å². The number of hydrogen-bond donors (Lipinski definition) is 1. The summed E-state index contributed by atoms with van der Waals surface area (Å²) in [6, 6.07) is 14.2. The average Bonchev–Trinajstić information content (AvgIpc) is 3.09. The third-order valence-electron chi connectivity index (χ3n) is 7.46. The van der Waals surface area contributed by atoms with Crippen LogP contribution in [0.1, 0.15) is 63.9 Å². The molecule has 2 atom stereocenters. The minimum Gasteiger partial charge on any atom is -0.468 e. The predicted molar refractivity (Wildman–Crippen MR) is 136 cm³/mol. The molecule has 186 valence electrons. The molecular formula is C29H36N2O4. The summed E-state index contributed by atoms with van der Waals surface area (Å²) in [7, 11) is 1.41. The summed E-state index contributed by atoms with van der Waals surface area (Å²) in [5.74, 6) is -1.10. The van der Waals surface area contributed by atoms with Gasteiger partial charge >= 0.3 is 5.97 Å². The van der Waals surface area contributed by atoms with Crippen LogP contribution >= 0.6 is 0 Å². The summed E-state index contributed by atoms with van der Waals surface area (Å²) in [5, 5.41) is 5.13. The molecule has 2 aliphatic rings. The van der Waals surface area contributed by atoms with E-state index in [9.17, 15) is 14.4 Å². The Balaban J connectivity index is 1.73. The van der Waals surface area contributed by atoms with Gasteiger partial charge in [-0.1, -0.05) is 68.3 Å². The van der Waals surface area contributed by atoms with E-state index in [1.54, 1.807) is 4.90 Å². The number of methoxy groups -OCH3 is 1. The van der Waals surface area contributed by atoms with Gasteiger partial charge in [-0.2, -0.15) is 0 Å². The Kier molecular flexibility index (Phi) is 7.89. The number of hydrogen-bond acceptors (Lipinski definition) is 4. The molecule has 1 heterocycles. The van der Waals surface area contributed by atoms with Crippen LogP contribution < -0.4 is 5.32 Å². The van der Waals surface area contributed by atoms with Gasteiger partial charge in [0.2, 0.25) is 11.8 Å². The first kappa shape index (κ1) is 25.0. The number of nitrogens with zero attached hydrogens (tertiary/aromatic N) is 1. The number of amides is 2. The molecule has 0 aromatic heterocycles. The molecule has 1 aliphatic carbocycles. The number of benzene rings is 2. The van der Waals surface area contributed by atoms with E-state index in [0.29, 0.717) is 25.9 Å². The molecule has 6 nitrogen and oxygen atoms in total. The lowest BCUT2D eigenvalue weighted by Gasteiger charge is -2.46. The van der Waals surface area contributed by atoms with Gasteiger partial charge < -0.3 is 15.0 Å². The zero-order chi connectivity index (χ0) is 24.8. The SMILES string of the molecule is CCCCNC(=O)C[C@@H]1C[C@@]2(C(=O)OC)CCCCC=C2N(Cc2cccc3ccccc23)C1=O. The third kappa shape index (κ3) is 5.12. The molecule has 2 aromatic rings. The van der Waals surface area contributed by atoms with Gasteiger partial charge in [0.25, 0.3) is 0 Å². The first-order chi connectivity index (χ1) is 17.0. The van der Waals surface area contributed by atoms with Gasteiger partial charge in [0.1, 0.15) is 5.41 Å². The van der Waals surface area contributed by atoms with Gasteiger partial charge in [-0.05, 0) is 48.4 Å². The van der Waals surface area contributed by atoms with Crippen LogP contribution in [0.2, 0.25) is 0 Å². The van der Waals surface area contributed by atoms with E-state index in [4.69, 9.17) is 4.74 Å². The van der Waals surface area contributed by atoms with Crippen LogP contribution in [0.5, 0.6) is 0 Å². The first-order valence-electron chi connectivity index (χ1n) is 12.8. The van der Waals surface area contributed by atoms with Crippen LogP contribution in [0.15, 0.2) is 54.2 Å². The highest BCUT2D eigenvalue weighted by molar-refractivity contribution is 5.93. The smallest absolute Gasteiger partial charge is 0.317 e. The molecule has 4 rings (SSSR count). The molecule has 0 saturated carbocycles. The van der Waals surface area contributed by atoms with Crippen molar-refractivity contribution in [3.05, 3.63) is 59.8 Å². The van der Waals surface area contributed by atoms with Gasteiger partial charge in [0, 0.05) is 24.6 Å². The highest BCUT2D eigenvalue weighted by Crippen LogP contribution is 2.49. The van der Waals surface area contributed by atoms with Crippen LogP contribution in [0.25, 0.3) is 10.8 Å². The monoisotopic (exact) mass is 476 g/mol. The lowest BCUT2D eigenvalue weighted by Crippen LogP contribution is -2.53. The van der Waals surface area contributed by atoms with Crippen molar-refractivity contribution in [3.8, 4) is 0 Å². The second-order valence-electron chi connectivity index (χ2n) is 9.78. The van der Waals surface area contributed by atoms with Crippen molar-refractivity contribution < 1.29 is 19.1 Å². The van der Waals surface area contributed by atoms with Crippen LogP contribution in [0.3, 0.4) is 0 Å². The standard InChI is InChI=1S/C29H36N2O4/c1-3-4-17-30-26(32)18-23-19-29(28(34)35-2)16-9-5-6-15-25(29)31(27(23)33)20-22-13-10-12-21-11-7-8-14-24(21)22/h7-8,10-15,23H,3-6,9,16-20H2,1-2H3,(H,30,32)/t23-,29+/m1/s1. The summed E-state index contributed by atoms with van der Waals surface area (Å²) >= 11 is 0. The molecule has 1 saturated heterocycles. The number of piperidine rings is 1. The van der Waals surface area contributed by atoms with Crippen LogP contribution in [-0.4, -0.2) is 36.3 Å². The van der Waals surface area contributed by atoms with E-state index in [0.717, 1.165) is 54.1 Å². The van der Waals surface area contributed by atoms with E-state index in [-0.39, 0.29) is 24.2 Å². The highest BCUT2D eigenvalue weighted by Gasteiger charge is 2.53. The maximum Gasteiger partial charge on any atom is 0.317 e. The second-order valence-corrected chi connectivity index (χ2v) is 9.78. The van der Waals surface area contributed by atoms with E-state index < -0.39 is 11.3 Å². The van der Waals surface area contributed by atoms with Crippen LogP contribution in [0.4, 0.5) is 0 Å². The van der Waals surface area contributed by atoms with Gasteiger partial charge in [-0.3, -0.25) is 14.4 Å². The molecule has 1 aliphatic heterocycles. The molecular weight excluding hydrogens is 440 g/mol. The summed E-state index contributed by atoms with van der Waals surface area (Å²) in [4.78, 5) is 41.7. The summed E-state index contributed by atoms with van der Waals surface area (Å²) in [5.41, 5.74) is 0.869. The predicted octanol–water partition coefficient (Wildman–Crippen LogP) is 5.11. The molecule has 1 N–H and O–H groups in total. The molecule has 0 radical (unpaired) electrons. The Hall–Kier alpha value is -3.15. The molecule has 2 aromatic carbocycles. The van der Waals surface area contributed by atoms with Crippen molar-refractivity contribution in [2.75, 3.05) is 13.7 Å². The fraction of sp³-hybridized carbons (Fsp3) is 0.483. The number of likely N-dealkylation sites (tertiary alicyclic amines) is 1. The van der Waals surface area contributed by atoms with Crippen molar-refractivity contribution in [2.45, 2.75) is 64.8 Å². The Labute approximate surface area is 207 Å². The van der Waals surface area contributed by atoms with Crippen molar-refractivity contribution in [1.29, 1.82) is 0 Å². The second kappa shape index (κ2) is 11.1. The highest BCUT2D eigenvalue weighted by atomic mass is 16.5. The number of esters is 1. The lowest BCUT2D eigenvalue weighted by molar-refractivity contribution is -0.160. The normalized spacial score (nSPS) is 22.2. The van der Waals surface area contributed by atoms with Crippen molar-refractivity contribution >= 4 is 28.6 Å². The number of allylic oxidation sites excluding steroid dienone is 1. The molecule has 0 spiro atoms. The molecule has 0 bridgehead atoms. The number of fused-ring (bicyclic) bond motifs is 2. The maximum absolute atomic E-state index is 13.9. The minimum atomic E-state index is -0.905. The Bertz CT molecular complexity index is 1120. The lowest BCUT2D eigenvalue weighted by atomic mass is 9.69. The van der Waals surface area contributed by atoms with Crippen LogP contribution in [-0.2, 0) is 25.7 Å². The summed E-state index contributed by atoms with van der Waals surface area (Å²) < 4.78 is 5.32. The molecule has 0 unspecified atom stereocenters. The number of ether oxygens (including phenoxy) is 1. The summed E-state index contributed by atoms with van der Waals surface area (Å²) in [6.07, 6.45) is 7.62. The van der Waals surface area contributed by atoms with Crippen LogP contribution in [0, 0.1) is 11.3 Å². The molecule has 2 amide bonds. The fourth-order valence-corrected chi connectivity index (χ4v) is 5.66. The zero-order valence-corrected chi connectivity index (χ0v) is 20.8. The quantitative estimate of drug-likeness (QED) is 0.424. The molecule has 1 fully saturated rings. The fourth-order valence-electron chi connectivity index (χ4n) is 5.66. The van der Waals surface area contributed by atoms with E-state index >= 15 is 0 Å². The Morgan fingerprint density at radius 2 is 1.94 bits per heavy atom. The number of nitrogens with one attached hydrogen (secondary N) is 1. The van der Waals surface area contributed by atoms with E-state index in [1.165, 1.54) is 7.11 Å². The van der Waals surface area contributed by atoms with Gasteiger partial charge in [-0.15, -0.1) is 0 Å². The van der Waals surface area contributed by atoms with Gasteiger partial charge in [0.15, 0.2) is 0 Å². The third-order valence-corrected chi connectivity index (χ3v) is 7.46. The Morgan fingerprint density at radius 3 is 2.74 bits per heavy atom. The van der Waals surface area contributed by atoms with Crippen molar-refractivity contribution in [1.82, 2.24) is 10.2 Å². The average molecular weight is 477 g/mol. The zero-order valence-electron chi connectivity index (χ0n) is 20.8. The van der Waals surface area contributed by atoms with Gasteiger partial charge in [-0.25, -0.2) is 0 Å². The van der Waals surface area contributed by atoms with Crippen molar-refractivity contribution in [3.63, 3.8) is 0 Å². The van der Waals surface area contributed by atoms with Crippen molar-refractivity contribution in [2.24, 2.45) is 11.3 Å². The largest absolute Gasteiger partial charge is 0.468 e. The molecule has 35 heavy (non-hydrogen) atoms. The number of carbonyl (C=O) groups is 3. The first-order valence-corrected chi connectivity index (χ1v) is 12.8. The number of carbonyl (C=O) groups excluding carboxylic acids is 3. The minimum absolute atomic E-state index is 0.0839. The molecule has 6 heteroatoms.